The number of aryl methyl sites for hydroxylation is 2. The van der Waals surface area contributed by atoms with Crippen LogP contribution < -0.4 is 10.6 Å². The monoisotopic (exact) mass is 646 g/mol. The van der Waals surface area contributed by atoms with Gasteiger partial charge in [-0.05, 0) is 40.7 Å². The van der Waals surface area contributed by atoms with E-state index in [2.05, 4.69) is 63.6 Å². The van der Waals surface area contributed by atoms with Crippen molar-refractivity contribution in [3.05, 3.63) is 119 Å². The van der Waals surface area contributed by atoms with E-state index in [1.807, 2.05) is 54.6 Å². The Morgan fingerprint density at radius 1 is 0.833 bits per heavy atom. The highest BCUT2D eigenvalue weighted by molar-refractivity contribution is 5.97. The quantitative estimate of drug-likeness (QED) is 0.156. The number of aliphatic carboxylic acids is 1. The molecule has 11 nitrogen and oxygen atoms in total. The predicted molar refractivity (Wildman–Crippen MR) is 180 cm³/mol. The first-order chi connectivity index (χ1) is 23.0. The van der Waals surface area contributed by atoms with Crippen molar-refractivity contribution in [1.82, 2.24) is 30.7 Å². The molecule has 0 aliphatic heterocycles. The van der Waals surface area contributed by atoms with Gasteiger partial charge in [0.05, 0.1) is 12.0 Å². The Morgan fingerprint density at radius 3 is 2.17 bits per heavy atom. The van der Waals surface area contributed by atoms with Gasteiger partial charge in [0.15, 0.2) is 11.6 Å². The van der Waals surface area contributed by atoms with E-state index < -0.39 is 23.8 Å². The van der Waals surface area contributed by atoms with E-state index in [1.165, 1.54) is 5.56 Å². The van der Waals surface area contributed by atoms with Crippen molar-refractivity contribution in [1.29, 1.82) is 0 Å². The lowest BCUT2D eigenvalue weighted by Gasteiger charge is -2.20. The molecule has 2 amide bonds. The summed E-state index contributed by atoms with van der Waals surface area (Å²) >= 11 is 0. The lowest BCUT2D eigenvalue weighted by atomic mass is 9.86. The second-order valence-corrected chi connectivity index (χ2v) is 12.5. The summed E-state index contributed by atoms with van der Waals surface area (Å²) in [6.07, 6.45) is 4.68. The van der Waals surface area contributed by atoms with Crippen molar-refractivity contribution >= 4 is 17.8 Å². The molecule has 5 aromatic rings. The maximum absolute atomic E-state index is 13.1. The standard InChI is InChI=1S/C37H38N6O5/c1-37(2,3)29-16-14-27(15-17-29)34(46)41-30(35(47)38-20-19-32(44)45)21-25-9-12-26(13-10-25)33-39-22-28(23-40-33)36-42-31(43-48-36)18-11-24-7-5-4-6-8-24/h4-10,12-17,22-23,30H,11,18-21H2,1-3H3,(H,38,47)(H,41,46)(H,44,45)/t30-/m0/s1. The Balaban J connectivity index is 1.23. The van der Waals surface area contributed by atoms with Crippen LogP contribution in [0.25, 0.3) is 22.8 Å². The average molecular weight is 647 g/mol. The fourth-order valence-electron chi connectivity index (χ4n) is 4.98. The minimum absolute atomic E-state index is 0.0499. The molecule has 0 saturated carbocycles. The number of carbonyl (C=O) groups excluding carboxylic acids is 2. The molecule has 3 N–H and O–H groups in total. The van der Waals surface area contributed by atoms with Gasteiger partial charge in [-0.1, -0.05) is 92.7 Å². The third-order valence-electron chi connectivity index (χ3n) is 7.77. The van der Waals surface area contributed by atoms with Crippen LogP contribution in [0.15, 0.2) is 95.8 Å². The van der Waals surface area contributed by atoms with Gasteiger partial charge in [0.25, 0.3) is 11.8 Å². The van der Waals surface area contributed by atoms with E-state index >= 15 is 0 Å². The minimum atomic E-state index is -1.03. The summed E-state index contributed by atoms with van der Waals surface area (Å²) in [5, 5.41) is 18.5. The van der Waals surface area contributed by atoms with Crippen molar-refractivity contribution < 1.29 is 24.0 Å². The van der Waals surface area contributed by atoms with E-state index in [0.29, 0.717) is 35.1 Å². The zero-order valence-corrected chi connectivity index (χ0v) is 27.1. The number of benzene rings is 3. The van der Waals surface area contributed by atoms with Crippen LogP contribution in [0.1, 0.15) is 60.1 Å². The largest absolute Gasteiger partial charge is 0.481 e. The van der Waals surface area contributed by atoms with E-state index in [9.17, 15) is 14.4 Å². The summed E-state index contributed by atoms with van der Waals surface area (Å²) in [5.41, 5.74) is 4.78. The molecule has 2 heterocycles. The summed E-state index contributed by atoms with van der Waals surface area (Å²) in [5.74, 6) is -0.450. The van der Waals surface area contributed by atoms with Crippen molar-refractivity contribution in [2.45, 2.75) is 57.9 Å². The molecule has 0 radical (unpaired) electrons. The van der Waals surface area contributed by atoms with Gasteiger partial charge in [-0.3, -0.25) is 14.4 Å². The number of nitrogens with one attached hydrogen (secondary N) is 2. The fourth-order valence-corrected chi connectivity index (χ4v) is 4.98. The normalized spacial score (nSPS) is 11.9. The first-order valence-corrected chi connectivity index (χ1v) is 15.7. The lowest BCUT2D eigenvalue weighted by Crippen LogP contribution is -2.48. The van der Waals surface area contributed by atoms with Gasteiger partial charge in [0.1, 0.15) is 6.04 Å². The molecular weight excluding hydrogens is 608 g/mol. The van der Waals surface area contributed by atoms with Crippen molar-refractivity contribution in [3.63, 3.8) is 0 Å². The van der Waals surface area contributed by atoms with Crippen LogP contribution in [0, 0.1) is 0 Å². The molecule has 0 fully saturated rings. The zero-order valence-electron chi connectivity index (χ0n) is 27.1. The molecule has 0 spiro atoms. The Hall–Kier alpha value is -5.71. The maximum Gasteiger partial charge on any atom is 0.305 e. The Kier molecular flexibility index (Phi) is 10.7. The fraction of sp³-hybridized carbons (Fsp3) is 0.270. The number of carbonyl (C=O) groups is 3. The van der Waals surface area contributed by atoms with Gasteiger partial charge in [-0.15, -0.1) is 0 Å². The van der Waals surface area contributed by atoms with Crippen LogP contribution in [0.4, 0.5) is 0 Å². The number of amides is 2. The molecule has 1 atom stereocenters. The van der Waals surface area contributed by atoms with Gasteiger partial charge in [0.2, 0.25) is 5.91 Å². The second kappa shape index (κ2) is 15.3. The van der Waals surface area contributed by atoms with Crippen molar-refractivity contribution in [3.8, 4) is 22.8 Å². The Morgan fingerprint density at radius 2 is 1.52 bits per heavy atom. The zero-order chi connectivity index (χ0) is 34.1. The molecule has 0 aliphatic carbocycles. The molecule has 2 aromatic heterocycles. The third kappa shape index (κ3) is 9.18. The van der Waals surface area contributed by atoms with Gasteiger partial charge in [0, 0.05) is 42.9 Å². The van der Waals surface area contributed by atoms with Crippen molar-refractivity contribution in [2.75, 3.05) is 6.54 Å². The van der Waals surface area contributed by atoms with Crippen LogP contribution in [-0.2, 0) is 34.3 Å². The number of carboxylic acid groups (broad SMARTS) is 1. The van der Waals surface area contributed by atoms with Gasteiger partial charge >= 0.3 is 5.97 Å². The summed E-state index contributed by atoms with van der Waals surface area (Å²) in [6, 6.07) is 23.8. The van der Waals surface area contributed by atoms with E-state index in [0.717, 1.165) is 23.1 Å². The Labute approximate surface area is 278 Å². The van der Waals surface area contributed by atoms with Crippen LogP contribution in [0.3, 0.4) is 0 Å². The second-order valence-electron chi connectivity index (χ2n) is 12.5. The molecule has 0 unspecified atom stereocenters. The van der Waals surface area contributed by atoms with E-state index in [-0.39, 0.29) is 24.8 Å². The van der Waals surface area contributed by atoms with Crippen LogP contribution in [0.5, 0.6) is 0 Å². The molecule has 0 aliphatic rings. The molecule has 0 saturated heterocycles. The predicted octanol–water partition coefficient (Wildman–Crippen LogP) is 5.21. The van der Waals surface area contributed by atoms with E-state index in [4.69, 9.17) is 9.63 Å². The molecule has 5 rings (SSSR count). The number of nitrogens with zero attached hydrogens (tertiary/aromatic N) is 4. The topological polar surface area (TPSA) is 160 Å². The highest BCUT2D eigenvalue weighted by Gasteiger charge is 2.23. The molecule has 0 bridgehead atoms. The molecule has 11 heteroatoms. The third-order valence-corrected chi connectivity index (χ3v) is 7.77. The van der Waals surface area contributed by atoms with Crippen molar-refractivity contribution in [2.24, 2.45) is 0 Å². The maximum atomic E-state index is 13.1. The summed E-state index contributed by atoms with van der Waals surface area (Å²) in [6.45, 7) is 6.22. The first kappa shape index (κ1) is 33.6. The minimum Gasteiger partial charge on any atom is -0.481 e. The number of carboxylic acids is 1. The van der Waals surface area contributed by atoms with Gasteiger partial charge in [-0.2, -0.15) is 4.98 Å². The van der Waals surface area contributed by atoms with Gasteiger partial charge < -0.3 is 20.3 Å². The number of hydrogen-bond acceptors (Lipinski definition) is 8. The summed E-state index contributed by atoms with van der Waals surface area (Å²) in [7, 11) is 0. The smallest absolute Gasteiger partial charge is 0.305 e. The highest BCUT2D eigenvalue weighted by atomic mass is 16.5. The highest BCUT2D eigenvalue weighted by Crippen LogP contribution is 2.23. The number of rotatable bonds is 13. The SMILES string of the molecule is CC(C)(C)c1ccc(C(=O)N[C@@H](Cc2ccc(-c3ncc(-c4nc(CCc5ccccc5)no4)cn3)cc2)C(=O)NCCC(=O)O)cc1. The molecular formula is C37H38N6O5. The van der Waals surface area contributed by atoms with E-state index in [1.54, 1.807) is 24.5 Å². The molecule has 48 heavy (non-hydrogen) atoms. The molecule has 246 valence electrons. The number of hydrogen-bond donors (Lipinski definition) is 3. The molecule has 3 aromatic carbocycles. The first-order valence-electron chi connectivity index (χ1n) is 15.7. The van der Waals surface area contributed by atoms with Crippen LogP contribution >= 0.6 is 0 Å². The van der Waals surface area contributed by atoms with Crippen LogP contribution in [0.2, 0.25) is 0 Å². The van der Waals surface area contributed by atoms with Crippen LogP contribution in [-0.4, -0.2) is 55.6 Å². The summed E-state index contributed by atoms with van der Waals surface area (Å²) in [4.78, 5) is 50.6. The average Bonchev–Trinajstić information content (AvgIpc) is 3.56. The number of aromatic nitrogens is 4. The van der Waals surface area contributed by atoms with Gasteiger partial charge in [-0.25, -0.2) is 9.97 Å². The summed E-state index contributed by atoms with van der Waals surface area (Å²) < 4.78 is 5.43. The lowest BCUT2D eigenvalue weighted by molar-refractivity contribution is -0.137. The Bertz CT molecular complexity index is 1830.